The molecule has 3 aromatic rings. The minimum atomic E-state index is -0.0237. The molecule has 0 atom stereocenters. The number of Topliss-reactive ketones (excluding diaryl/α,β-unsaturated/α-hetero) is 1. The van der Waals surface area contributed by atoms with Crippen LogP contribution in [0.15, 0.2) is 54.7 Å². The van der Waals surface area contributed by atoms with E-state index in [0.29, 0.717) is 23.4 Å². The van der Waals surface area contributed by atoms with Gasteiger partial charge >= 0.3 is 0 Å². The van der Waals surface area contributed by atoms with Crippen molar-refractivity contribution >= 4 is 22.4 Å². The number of nitrogens with one attached hydrogen (secondary N) is 1. The molecule has 0 unspecified atom stereocenters. The highest BCUT2D eigenvalue weighted by Crippen LogP contribution is 2.21. The lowest BCUT2D eigenvalue weighted by molar-refractivity contribution is 0.101. The second-order valence-electron chi connectivity index (χ2n) is 5.27. The van der Waals surface area contributed by atoms with Crippen molar-refractivity contribution < 1.29 is 4.79 Å². The number of rotatable bonds is 4. The van der Waals surface area contributed by atoms with Crippen LogP contribution in [0.4, 0.5) is 5.69 Å². The molecule has 0 saturated heterocycles. The number of hydrogen-bond acceptors (Lipinski definition) is 4. The van der Waals surface area contributed by atoms with Gasteiger partial charge in [-0.05, 0) is 36.8 Å². The predicted octanol–water partition coefficient (Wildman–Crippen LogP) is 3.92. The maximum atomic E-state index is 11.5. The summed E-state index contributed by atoms with van der Waals surface area (Å²) in [7, 11) is 0. The predicted molar refractivity (Wildman–Crippen MR) is 90.2 cm³/mol. The molecular weight excluding hydrogens is 286 g/mol. The van der Waals surface area contributed by atoms with Crippen molar-refractivity contribution in [2.75, 3.05) is 5.32 Å². The number of nitrogens with zero attached hydrogens (tertiary/aromatic N) is 2. The highest BCUT2D eigenvalue weighted by Gasteiger charge is 2.08. The minimum absolute atomic E-state index is 0.0237. The van der Waals surface area contributed by atoms with Gasteiger partial charge in [0.05, 0.1) is 16.8 Å². The van der Waals surface area contributed by atoms with Crippen LogP contribution in [0.25, 0.3) is 10.9 Å². The van der Waals surface area contributed by atoms with Crippen LogP contribution in [-0.4, -0.2) is 10.8 Å². The van der Waals surface area contributed by atoms with Gasteiger partial charge in [0.15, 0.2) is 5.78 Å². The highest BCUT2D eigenvalue weighted by molar-refractivity contribution is 5.95. The molecule has 0 saturated carbocycles. The van der Waals surface area contributed by atoms with Crippen molar-refractivity contribution in [1.82, 2.24) is 4.98 Å². The largest absolute Gasteiger partial charge is 0.380 e. The summed E-state index contributed by atoms with van der Waals surface area (Å²) in [5.41, 5.74) is 3.74. The fourth-order valence-corrected chi connectivity index (χ4v) is 2.51. The average molecular weight is 301 g/mol. The minimum Gasteiger partial charge on any atom is -0.380 e. The van der Waals surface area contributed by atoms with E-state index in [0.717, 1.165) is 16.5 Å². The molecule has 2 aromatic carbocycles. The molecule has 112 valence electrons. The fourth-order valence-electron chi connectivity index (χ4n) is 2.51. The molecule has 0 amide bonds. The first kappa shape index (κ1) is 14.7. The number of para-hydroxylation sites is 1. The van der Waals surface area contributed by atoms with Crippen LogP contribution < -0.4 is 5.32 Å². The van der Waals surface area contributed by atoms with Gasteiger partial charge in [-0.2, -0.15) is 5.26 Å². The maximum Gasteiger partial charge on any atom is 0.159 e. The van der Waals surface area contributed by atoms with Gasteiger partial charge in [0, 0.05) is 23.7 Å². The zero-order valence-corrected chi connectivity index (χ0v) is 12.7. The Balaban J connectivity index is 1.92. The second-order valence-corrected chi connectivity index (χ2v) is 5.27. The third-order valence-electron chi connectivity index (χ3n) is 3.73. The fraction of sp³-hybridized carbons (Fsp3) is 0.105. The van der Waals surface area contributed by atoms with Crippen molar-refractivity contribution in [1.29, 1.82) is 5.26 Å². The summed E-state index contributed by atoms with van der Waals surface area (Å²) >= 11 is 0. The van der Waals surface area contributed by atoms with Crippen LogP contribution in [0, 0.1) is 11.3 Å². The first-order valence-corrected chi connectivity index (χ1v) is 7.30. The molecule has 0 radical (unpaired) electrons. The Morgan fingerprint density at radius 2 is 2.04 bits per heavy atom. The molecule has 1 N–H and O–H groups in total. The molecule has 0 aliphatic rings. The number of pyridine rings is 1. The van der Waals surface area contributed by atoms with E-state index in [1.54, 1.807) is 24.4 Å². The molecule has 3 rings (SSSR count). The highest BCUT2D eigenvalue weighted by atomic mass is 16.1. The molecule has 23 heavy (non-hydrogen) atoms. The Kier molecular flexibility index (Phi) is 4.03. The lowest BCUT2D eigenvalue weighted by Gasteiger charge is -2.11. The molecule has 0 aliphatic heterocycles. The standard InChI is InChI=1S/C19H15N3O/c1-13(23)15-7-8-16(11-20)18(10-15)22-12-17-5-2-4-14-6-3-9-21-19(14)17/h2-10,22H,12H2,1H3. The molecular formula is C19H15N3O. The Hall–Kier alpha value is -3.19. The summed E-state index contributed by atoms with van der Waals surface area (Å²) in [5, 5.41) is 13.6. The third-order valence-corrected chi connectivity index (χ3v) is 3.73. The Morgan fingerprint density at radius 1 is 1.22 bits per heavy atom. The van der Waals surface area contributed by atoms with Crippen molar-refractivity contribution in [3.8, 4) is 6.07 Å². The monoisotopic (exact) mass is 301 g/mol. The van der Waals surface area contributed by atoms with Crippen LogP contribution in [0.1, 0.15) is 28.4 Å². The molecule has 0 aliphatic carbocycles. The first-order valence-electron chi connectivity index (χ1n) is 7.30. The van der Waals surface area contributed by atoms with Crippen molar-refractivity contribution in [3.05, 3.63) is 71.4 Å². The van der Waals surface area contributed by atoms with E-state index >= 15 is 0 Å². The summed E-state index contributed by atoms with van der Waals surface area (Å²) < 4.78 is 0. The van der Waals surface area contributed by atoms with Gasteiger partial charge in [0.1, 0.15) is 6.07 Å². The lowest BCUT2D eigenvalue weighted by Crippen LogP contribution is -2.04. The number of ketones is 1. The Bertz CT molecular complexity index is 920. The van der Waals surface area contributed by atoms with E-state index in [1.165, 1.54) is 6.92 Å². The lowest BCUT2D eigenvalue weighted by atomic mass is 10.1. The molecule has 1 aromatic heterocycles. The number of aromatic nitrogens is 1. The third kappa shape index (κ3) is 3.04. The average Bonchev–Trinajstić information content (AvgIpc) is 2.59. The zero-order chi connectivity index (χ0) is 16.2. The first-order chi connectivity index (χ1) is 11.2. The van der Waals surface area contributed by atoms with Gasteiger partial charge < -0.3 is 5.32 Å². The van der Waals surface area contributed by atoms with E-state index in [1.807, 2.05) is 30.3 Å². The number of nitriles is 1. The van der Waals surface area contributed by atoms with Crippen LogP contribution in [0.5, 0.6) is 0 Å². The Morgan fingerprint density at radius 3 is 2.83 bits per heavy atom. The van der Waals surface area contributed by atoms with Gasteiger partial charge in [-0.25, -0.2) is 0 Å². The maximum absolute atomic E-state index is 11.5. The molecule has 0 fully saturated rings. The van der Waals surface area contributed by atoms with Gasteiger partial charge in [-0.1, -0.05) is 24.3 Å². The summed E-state index contributed by atoms with van der Waals surface area (Å²) in [5.74, 6) is -0.0237. The van der Waals surface area contributed by atoms with Gasteiger partial charge in [-0.15, -0.1) is 0 Å². The number of carbonyl (C=O) groups excluding carboxylic acids is 1. The second kappa shape index (κ2) is 6.29. The van der Waals surface area contributed by atoms with Crippen molar-refractivity contribution in [2.24, 2.45) is 0 Å². The van der Waals surface area contributed by atoms with Crippen LogP contribution in [0.3, 0.4) is 0 Å². The van der Waals surface area contributed by atoms with Gasteiger partial charge in [-0.3, -0.25) is 9.78 Å². The molecule has 4 heteroatoms. The van der Waals surface area contributed by atoms with Crippen LogP contribution >= 0.6 is 0 Å². The van der Waals surface area contributed by atoms with E-state index in [-0.39, 0.29) is 5.78 Å². The molecule has 4 nitrogen and oxygen atoms in total. The van der Waals surface area contributed by atoms with Gasteiger partial charge in [0.25, 0.3) is 0 Å². The van der Waals surface area contributed by atoms with Crippen molar-refractivity contribution in [3.63, 3.8) is 0 Å². The number of anilines is 1. The van der Waals surface area contributed by atoms with E-state index in [2.05, 4.69) is 16.4 Å². The normalized spacial score (nSPS) is 10.3. The van der Waals surface area contributed by atoms with E-state index in [4.69, 9.17) is 0 Å². The zero-order valence-electron chi connectivity index (χ0n) is 12.7. The quantitative estimate of drug-likeness (QED) is 0.742. The number of benzene rings is 2. The number of carbonyl (C=O) groups is 1. The van der Waals surface area contributed by atoms with E-state index in [9.17, 15) is 10.1 Å². The van der Waals surface area contributed by atoms with E-state index < -0.39 is 0 Å². The summed E-state index contributed by atoms with van der Waals surface area (Å²) in [6, 6.07) is 17.1. The number of hydrogen-bond donors (Lipinski definition) is 1. The summed E-state index contributed by atoms with van der Waals surface area (Å²) in [6.45, 7) is 2.05. The SMILES string of the molecule is CC(=O)c1ccc(C#N)c(NCc2cccc3cccnc23)c1. The number of fused-ring (bicyclic) bond motifs is 1. The molecule has 0 spiro atoms. The van der Waals surface area contributed by atoms with Gasteiger partial charge in [0.2, 0.25) is 0 Å². The topological polar surface area (TPSA) is 65.8 Å². The molecule has 0 bridgehead atoms. The Labute approximate surface area is 134 Å². The van der Waals surface area contributed by atoms with Crippen LogP contribution in [-0.2, 0) is 6.54 Å². The van der Waals surface area contributed by atoms with Crippen molar-refractivity contribution in [2.45, 2.75) is 13.5 Å². The summed E-state index contributed by atoms with van der Waals surface area (Å²) in [4.78, 5) is 15.9. The smallest absolute Gasteiger partial charge is 0.159 e. The molecule has 1 heterocycles. The van der Waals surface area contributed by atoms with Crippen LogP contribution in [0.2, 0.25) is 0 Å². The summed E-state index contributed by atoms with van der Waals surface area (Å²) in [6.07, 6.45) is 1.77.